The number of aliphatic hydroxyl groups excluding tert-OH is 1. The number of carbonyl (C=O) groups is 1. The molecule has 3 heteroatoms. The van der Waals surface area contributed by atoms with E-state index in [1.54, 1.807) is 0 Å². The third-order valence-electron chi connectivity index (χ3n) is 4.00. The lowest BCUT2D eigenvalue weighted by atomic mass is 10.1. The Hall–Kier alpha value is -2.13. The summed E-state index contributed by atoms with van der Waals surface area (Å²) >= 11 is 0. The van der Waals surface area contributed by atoms with Crippen LogP contribution in [0.5, 0.6) is 0 Å². The summed E-state index contributed by atoms with van der Waals surface area (Å²) in [4.78, 5) is 12.1. The van der Waals surface area contributed by atoms with Gasteiger partial charge in [0.05, 0.1) is 12.1 Å². The zero-order valence-electron chi connectivity index (χ0n) is 11.8. The second kappa shape index (κ2) is 6.10. The van der Waals surface area contributed by atoms with E-state index in [0.29, 0.717) is 12.8 Å². The standard InChI is InChI=1S/C18H19NO2/c20-16-12-14-8-4-5-9-15(14)18(16)19-17(21)11-10-13-6-2-1-3-7-13/h1-9,16,18,20H,10-12H2,(H,19,21)/t16-,18+/m1/s1. The summed E-state index contributed by atoms with van der Waals surface area (Å²) < 4.78 is 0. The monoisotopic (exact) mass is 281 g/mol. The van der Waals surface area contributed by atoms with E-state index in [4.69, 9.17) is 0 Å². The smallest absolute Gasteiger partial charge is 0.220 e. The van der Waals surface area contributed by atoms with Crippen molar-refractivity contribution in [2.24, 2.45) is 0 Å². The molecule has 2 N–H and O–H groups in total. The third kappa shape index (κ3) is 3.14. The molecule has 0 saturated heterocycles. The van der Waals surface area contributed by atoms with E-state index in [1.807, 2.05) is 54.6 Å². The number of rotatable bonds is 4. The van der Waals surface area contributed by atoms with E-state index < -0.39 is 6.10 Å². The summed E-state index contributed by atoms with van der Waals surface area (Å²) in [6.07, 6.45) is 1.25. The molecule has 0 unspecified atom stereocenters. The molecule has 0 aliphatic heterocycles. The molecule has 0 spiro atoms. The lowest BCUT2D eigenvalue weighted by Gasteiger charge is -2.18. The van der Waals surface area contributed by atoms with E-state index in [2.05, 4.69) is 5.32 Å². The number of aliphatic hydroxyl groups is 1. The van der Waals surface area contributed by atoms with Crippen molar-refractivity contribution in [1.82, 2.24) is 5.32 Å². The topological polar surface area (TPSA) is 49.3 Å². The predicted octanol–water partition coefficient (Wildman–Crippen LogP) is 2.39. The molecule has 0 saturated carbocycles. The van der Waals surface area contributed by atoms with Gasteiger partial charge >= 0.3 is 0 Å². The average Bonchev–Trinajstić information content (AvgIpc) is 2.82. The molecular weight excluding hydrogens is 262 g/mol. The molecule has 1 aliphatic carbocycles. The molecule has 21 heavy (non-hydrogen) atoms. The van der Waals surface area contributed by atoms with Gasteiger partial charge in [0, 0.05) is 12.8 Å². The van der Waals surface area contributed by atoms with Crippen LogP contribution in [0.1, 0.15) is 29.2 Å². The number of fused-ring (bicyclic) bond motifs is 1. The van der Waals surface area contributed by atoms with Crippen LogP contribution < -0.4 is 5.32 Å². The van der Waals surface area contributed by atoms with E-state index in [1.165, 1.54) is 0 Å². The zero-order chi connectivity index (χ0) is 14.7. The van der Waals surface area contributed by atoms with E-state index >= 15 is 0 Å². The van der Waals surface area contributed by atoms with Crippen LogP contribution >= 0.6 is 0 Å². The van der Waals surface area contributed by atoms with Crippen LogP contribution in [-0.4, -0.2) is 17.1 Å². The molecule has 3 nitrogen and oxygen atoms in total. The third-order valence-corrected chi connectivity index (χ3v) is 4.00. The number of carbonyl (C=O) groups excluding carboxylic acids is 1. The van der Waals surface area contributed by atoms with Gasteiger partial charge in [0.2, 0.25) is 5.91 Å². The zero-order valence-corrected chi connectivity index (χ0v) is 11.8. The molecule has 3 rings (SSSR count). The lowest BCUT2D eigenvalue weighted by Crippen LogP contribution is -2.33. The first-order valence-electron chi connectivity index (χ1n) is 7.33. The van der Waals surface area contributed by atoms with Crippen molar-refractivity contribution in [2.75, 3.05) is 0 Å². The van der Waals surface area contributed by atoms with Crippen molar-refractivity contribution in [3.63, 3.8) is 0 Å². The summed E-state index contributed by atoms with van der Waals surface area (Å²) in [5.74, 6) is -0.0143. The van der Waals surface area contributed by atoms with Gasteiger partial charge in [0.1, 0.15) is 0 Å². The molecular formula is C18H19NO2. The normalized spacial score (nSPS) is 20.0. The molecule has 1 amide bonds. The Morgan fingerprint density at radius 1 is 1.10 bits per heavy atom. The number of hydrogen-bond donors (Lipinski definition) is 2. The van der Waals surface area contributed by atoms with Crippen molar-refractivity contribution in [3.05, 3.63) is 71.3 Å². The Labute approximate surface area is 124 Å². The molecule has 0 heterocycles. The second-order valence-corrected chi connectivity index (χ2v) is 5.50. The van der Waals surface area contributed by atoms with Gasteiger partial charge in [-0.05, 0) is 23.1 Å². The molecule has 0 bridgehead atoms. The minimum atomic E-state index is -0.525. The Bertz CT molecular complexity index is 624. The van der Waals surface area contributed by atoms with Crippen molar-refractivity contribution >= 4 is 5.91 Å². The fourth-order valence-corrected chi connectivity index (χ4v) is 2.90. The molecule has 2 aromatic carbocycles. The van der Waals surface area contributed by atoms with E-state index in [9.17, 15) is 9.90 Å². The van der Waals surface area contributed by atoms with Gasteiger partial charge in [0.15, 0.2) is 0 Å². The highest BCUT2D eigenvalue weighted by atomic mass is 16.3. The molecule has 0 aromatic heterocycles. The minimum Gasteiger partial charge on any atom is -0.390 e. The van der Waals surface area contributed by atoms with Gasteiger partial charge in [-0.15, -0.1) is 0 Å². The number of hydrogen-bond acceptors (Lipinski definition) is 2. The minimum absolute atomic E-state index is 0.0143. The fraction of sp³-hybridized carbons (Fsp3) is 0.278. The molecule has 1 aliphatic rings. The van der Waals surface area contributed by atoms with Crippen molar-refractivity contribution in [2.45, 2.75) is 31.4 Å². The first-order valence-corrected chi connectivity index (χ1v) is 7.33. The first-order chi connectivity index (χ1) is 10.2. The highest BCUT2D eigenvalue weighted by molar-refractivity contribution is 5.77. The van der Waals surface area contributed by atoms with Gasteiger partial charge in [-0.2, -0.15) is 0 Å². The van der Waals surface area contributed by atoms with Crippen molar-refractivity contribution in [3.8, 4) is 0 Å². The predicted molar refractivity (Wildman–Crippen MR) is 81.8 cm³/mol. The largest absolute Gasteiger partial charge is 0.390 e. The average molecular weight is 281 g/mol. The summed E-state index contributed by atoms with van der Waals surface area (Å²) in [5.41, 5.74) is 3.32. The van der Waals surface area contributed by atoms with Crippen LogP contribution in [0.3, 0.4) is 0 Å². The number of nitrogens with one attached hydrogen (secondary N) is 1. The van der Waals surface area contributed by atoms with Gasteiger partial charge in [-0.1, -0.05) is 54.6 Å². The van der Waals surface area contributed by atoms with Crippen LogP contribution in [-0.2, 0) is 17.6 Å². The molecule has 0 fully saturated rings. The van der Waals surface area contributed by atoms with Crippen LogP contribution in [0, 0.1) is 0 Å². The van der Waals surface area contributed by atoms with Crippen LogP contribution in [0.25, 0.3) is 0 Å². The van der Waals surface area contributed by atoms with E-state index in [-0.39, 0.29) is 11.9 Å². The molecule has 108 valence electrons. The van der Waals surface area contributed by atoms with Crippen LogP contribution in [0.15, 0.2) is 54.6 Å². The first kappa shape index (κ1) is 13.8. The van der Waals surface area contributed by atoms with Gasteiger partial charge in [0.25, 0.3) is 0 Å². The Morgan fingerprint density at radius 2 is 1.81 bits per heavy atom. The highest BCUT2D eigenvalue weighted by Crippen LogP contribution is 2.31. The van der Waals surface area contributed by atoms with Gasteiger partial charge in [-0.25, -0.2) is 0 Å². The maximum atomic E-state index is 12.1. The fourth-order valence-electron chi connectivity index (χ4n) is 2.90. The SMILES string of the molecule is O=C(CCc1ccccc1)N[C@H]1c2ccccc2C[C@H]1O. The molecule has 0 radical (unpaired) electrons. The quantitative estimate of drug-likeness (QED) is 0.904. The summed E-state index contributed by atoms with van der Waals surface area (Å²) in [7, 11) is 0. The summed E-state index contributed by atoms with van der Waals surface area (Å²) in [6, 6.07) is 17.6. The van der Waals surface area contributed by atoms with Crippen LogP contribution in [0.4, 0.5) is 0 Å². The molecule has 2 aromatic rings. The second-order valence-electron chi connectivity index (χ2n) is 5.50. The maximum absolute atomic E-state index is 12.1. The number of amides is 1. The summed E-state index contributed by atoms with van der Waals surface area (Å²) in [5, 5.41) is 13.1. The summed E-state index contributed by atoms with van der Waals surface area (Å²) in [6.45, 7) is 0. The van der Waals surface area contributed by atoms with E-state index in [0.717, 1.165) is 23.1 Å². The van der Waals surface area contributed by atoms with Crippen LogP contribution in [0.2, 0.25) is 0 Å². The van der Waals surface area contributed by atoms with Crippen molar-refractivity contribution in [1.29, 1.82) is 0 Å². The molecule has 2 atom stereocenters. The van der Waals surface area contributed by atoms with Gasteiger partial charge < -0.3 is 10.4 Å². The maximum Gasteiger partial charge on any atom is 0.220 e. The highest BCUT2D eigenvalue weighted by Gasteiger charge is 2.31. The number of aryl methyl sites for hydroxylation is 1. The van der Waals surface area contributed by atoms with Gasteiger partial charge in [-0.3, -0.25) is 4.79 Å². The van der Waals surface area contributed by atoms with Crippen molar-refractivity contribution < 1.29 is 9.90 Å². The Kier molecular flexibility index (Phi) is 4.02. The Balaban J connectivity index is 1.60. The lowest BCUT2D eigenvalue weighted by molar-refractivity contribution is -0.122. The number of benzene rings is 2. The Morgan fingerprint density at radius 3 is 2.62 bits per heavy atom.